The average Bonchev–Trinajstić information content (AvgIpc) is 3.17. The van der Waals surface area contributed by atoms with Crippen LogP contribution in [0, 0.1) is 6.92 Å². The van der Waals surface area contributed by atoms with Crippen LogP contribution in [0.25, 0.3) is 0 Å². The van der Waals surface area contributed by atoms with Gasteiger partial charge in [0, 0.05) is 18.2 Å². The van der Waals surface area contributed by atoms with E-state index >= 15 is 0 Å². The van der Waals surface area contributed by atoms with Gasteiger partial charge in [-0.25, -0.2) is 0 Å². The van der Waals surface area contributed by atoms with Gasteiger partial charge in [0.05, 0.1) is 7.05 Å². The third-order valence-corrected chi connectivity index (χ3v) is 3.35. The first-order valence-electron chi connectivity index (χ1n) is 6.90. The molecule has 0 atom stereocenters. The molecule has 6 nitrogen and oxygen atoms in total. The van der Waals surface area contributed by atoms with E-state index in [1.807, 2.05) is 0 Å². The minimum atomic E-state index is 0.342. The zero-order valence-electron chi connectivity index (χ0n) is 11.8. The molecule has 6 heteroatoms. The molecule has 0 spiro atoms. The van der Waals surface area contributed by atoms with Crippen molar-refractivity contribution in [2.45, 2.75) is 39.0 Å². The summed E-state index contributed by atoms with van der Waals surface area (Å²) in [5, 5.41) is 15.4. The van der Waals surface area contributed by atoms with E-state index < -0.39 is 0 Å². The van der Waals surface area contributed by atoms with Crippen LogP contribution in [0.2, 0.25) is 0 Å². The number of hydrogen-bond donors (Lipinski definition) is 1. The standard InChI is InChI=1S/C14H19N5O/c1-10-4-3-5-11(8-15-12-6-7-12)14(10)20-9-13-16-18-19(2)17-13/h3-5,12,15H,6-9H2,1-2H3. The third-order valence-electron chi connectivity index (χ3n) is 3.35. The van der Waals surface area contributed by atoms with E-state index in [-0.39, 0.29) is 0 Å². The van der Waals surface area contributed by atoms with Crippen LogP contribution in [-0.2, 0) is 20.2 Å². The number of nitrogens with zero attached hydrogens (tertiary/aromatic N) is 4. The fourth-order valence-electron chi connectivity index (χ4n) is 2.12. The largest absolute Gasteiger partial charge is 0.485 e. The molecular formula is C14H19N5O. The maximum Gasteiger partial charge on any atom is 0.212 e. The molecule has 1 aromatic heterocycles. The molecule has 3 rings (SSSR count). The van der Waals surface area contributed by atoms with E-state index in [1.54, 1.807) is 7.05 Å². The van der Waals surface area contributed by atoms with Gasteiger partial charge in [0.25, 0.3) is 0 Å². The Bertz CT molecular complexity index is 591. The quantitative estimate of drug-likeness (QED) is 0.860. The number of rotatable bonds is 6. The molecule has 0 unspecified atom stereocenters. The van der Waals surface area contributed by atoms with Crippen molar-refractivity contribution in [2.24, 2.45) is 7.05 Å². The van der Waals surface area contributed by atoms with Crippen molar-refractivity contribution in [2.75, 3.05) is 0 Å². The Morgan fingerprint density at radius 1 is 1.40 bits per heavy atom. The first-order valence-corrected chi connectivity index (χ1v) is 6.90. The zero-order chi connectivity index (χ0) is 13.9. The molecular weight excluding hydrogens is 254 g/mol. The van der Waals surface area contributed by atoms with Gasteiger partial charge in [0.2, 0.25) is 5.82 Å². The summed E-state index contributed by atoms with van der Waals surface area (Å²) in [6, 6.07) is 6.90. The van der Waals surface area contributed by atoms with Crippen molar-refractivity contribution in [3.8, 4) is 5.75 Å². The SMILES string of the molecule is Cc1cccc(CNC2CC2)c1OCc1nnn(C)n1. The molecule has 106 valence electrons. The lowest BCUT2D eigenvalue weighted by Gasteiger charge is -2.13. The van der Waals surface area contributed by atoms with Crippen LogP contribution < -0.4 is 10.1 Å². The van der Waals surface area contributed by atoms with Crippen LogP contribution >= 0.6 is 0 Å². The molecule has 0 radical (unpaired) electrons. The summed E-state index contributed by atoms with van der Waals surface area (Å²) in [7, 11) is 1.75. The number of aromatic nitrogens is 4. The van der Waals surface area contributed by atoms with Crippen molar-refractivity contribution in [1.29, 1.82) is 0 Å². The highest BCUT2D eigenvalue weighted by atomic mass is 16.5. The maximum absolute atomic E-state index is 5.90. The first-order chi connectivity index (χ1) is 9.72. The predicted octanol–water partition coefficient (Wildman–Crippen LogP) is 1.35. The lowest BCUT2D eigenvalue weighted by atomic mass is 10.1. The highest BCUT2D eigenvalue weighted by Gasteiger charge is 2.21. The van der Waals surface area contributed by atoms with Crippen molar-refractivity contribution in [3.63, 3.8) is 0 Å². The second-order valence-corrected chi connectivity index (χ2v) is 5.20. The second kappa shape index (κ2) is 5.58. The van der Waals surface area contributed by atoms with Crippen LogP contribution in [0.4, 0.5) is 0 Å². The maximum atomic E-state index is 5.90. The van der Waals surface area contributed by atoms with Crippen LogP contribution in [-0.4, -0.2) is 26.2 Å². The van der Waals surface area contributed by atoms with Crippen LogP contribution in [0.15, 0.2) is 18.2 Å². The Morgan fingerprint density at radius 2 is 2.25 bits per heavy atom. The fourth-order valence-corrected chi connectivity index (χ4v) is 2.12. The van der Waals surface area contributed by atoms with E-state index in [0.29, 0.717) is 18.5 Å². The molecule has 1 fully saturated rings. The number of ether oxygens (including phenoxy) is 1. The molecule has 0 saturated heterocycles. The normalized spacial score (nSPS) is 14.5. The van der Waals surface area contributed by atoms with Crippen molar-refractivity contribution in [3.05, 3.63) is 35.2 Å². The number of benzene rings is 1. The van der Waals surface area contributed by atoms with Gasteiger partial charge >= 0.3 is 0 Å². The highest BCUT2D eigenvalue weighted by Crippen LogP contribution is 2.26. The van der Waals surface area contributed by atoms with Crippen molar-refractivity contribution in [1.82, 2.24) is 25.5 Å². The minimum Gasteiger partial charge on any atom is -0.485 e. The Labute approximate surface area is 118 Å². The van der Waals surface area contributed by atoms with Gasteiger partial charge in [0.15, 0.2) is 6.61 Å². The minimum absolute atomic E-state index is 0.342. The summed E-state index contributed by atoms with van der Waals surface area (Å²) in [5.74, 6) is 1.52. The number of nitrogens with one attached hydrogen (secondary N) is 1. The summed E-state index contributed by atoms with van der Waals surface area (Å²) >= 11 is 0. The average molecular weight is 273 g/mol. The van der Waals surface area contributed by atoms with Gasteiger partial charge in [-0.05, 0) is 30.5 Å². The number of hydrogen-bond acceptors (Lipinski definition) is 5. The number of para-hydroxylation sites is 1. The van der Waals surface area contributed by atoms with Crippen molar-refractivity contribution < 1.29 is 4.74 Å². The Hall–Kier alpha value is -1.95. The zero-order valence-corrected chi connectivity index (χ0v) is 11.8. The monoisotopic (exact) mass is 273 g/mol. The van der Waals surface area contributed by atoms with E-state index in [4.69, 9.17) is 4.74 Å². The summed E-state index contributed by atoms with van der Waals surface area (Å²) in [4.78, 5) is 1.44. The summed E-state index contributed by atoms with van der Waals surface area (Å²) in [6.07, 6.45) is 2.57. The van der Waals surface area contributed by atoms with E-state index in [9.17, 15) is 0 Å². The smallest absolute Gasteiger partial charge is 0.212 e. The van der Waals surface area contributed by atoms with Crippen LogP contribution in [0.3, 0.4) is 0 Å². The topological polar surface area (TPSA) is 64.9 Å². The van der Waals surface area contributed by atoms with Gasteiger partial charge in [-0.3, -0.25) is 0 Å². The Balaban J connectivity index is 1.69. The molecule has 20 heavy (non-hydrogen) atoms. The molecule has 1 aliphatic rings. The molecule has 1 aliphatic carbocycles. The van der Waals surface area contributed by atoms with Crippen LogP contribution in [0.5, 0.6) is 5.75 Å². The highest BCUT2D eigenvalue weighted by molar-refractivity contribution is 5.40. The van der Waals surface area contributed by atoms with Gasteiger partial charge in [-0.2, -0.15) is 4.80 Å². The lowest BCUT2D eigenvalue weighted by Crippen LogP contribution is -2.16. The second-order valence-electron chi connectivity index (χ2n) is 5.20. The van der Waals surface area contributed by atoms with Crippen molar-refractivity contribution >= 4 is 0 Å². The van der Waals surface area contributed by atoms with Gasteiger partial charge < -0.3 is 10.1 Å². The summed E-state index contributed by atoms with van der Waals surface area (Å²) < 4.78 is 5.90. The summed E-state index contributed by atoms with van der Waals surface area (Å²) in [5.41, 5.74) is 2.31. The molecule has 1 saturated carbocycles. The van der Waals surface area contributed by atoms with E-state index in [1.165, 1.54) is 23.2 Å². The van der Waals surface area contributed by atoms with Crippen LogP contribution in [0.1, 0.15) is 29.8 Å². The Kier molecular flexibility index (Phi) is 3.64. The molecule has 0 amide bonds. The Morgan fingerprint density at radius 3 is 2.95 bits per heavy atom. The molecule has 1 aromatic carbocycles. The number of aryl methyl sites for hydroxylation is 2. The van der Waals surface area contributed by atoms with E-state index in [0.717, 1.165) is 17.9 Å². The first kappa shape index (κ1) is 13.1. The molecule has 1 heterocycles. The third kappa shape index (κ3) is 3.14. The molecule has 1 N–H and O–H groups in total. The van der Waals surface area contributed by atoms with E-state index in [2.05, 4.69) is 45.9 Å². The molecule has 0 bridgehead atoms. The fraction of sp³-hybridized carbons (Fsp3) is 0.500. The van der Waals surface area contributed by atoms with Gasteiger partial charge in [-0.1, -0.05) is 18.2 Å². The predicted molar refractivity (Wildman–Crippen MR) is 74.2 cm³/mol. The summed E-state index contributed by atoms with van der Waals surface area (Å²) in [6.45, 7) is 3.24. The van der Waals surface area contributed by atoms with Gasteiger partial charge in [-0.15, -0.1) is 10.2 Å². The molecule has 0 aliphatic heterocycles. The van der Waals surface area contributed by atoms with Gasteiger partial charge in [0.1, 0.15) is 5.75 Å². The lowest BCUT2D eigenvalue weighted by molar-refractivity contribution is 0.289. The molecule has 2 aromatic rings. The number of tetrazole rings is 1.